The van der Waals surface area contributed by atoms with Gasteiger partial charge in [0.1, 0.15) is 0 Å². The summed E-state index contributed by atoms with van der Waals surface area (Å²) in [6, 6.07) is 15.0. The Morgan fingerprint density at radius 3 is 2.37 bits per heavy atom. The zero-order valence-corrected chi connectivity index (χ0v) is 16.9. The molecular formula is C24H25F3O3. The van der Waals surface area contributed by atoms with E-state index in [1.54, 1.807) is 13.0 Å². The molecule has 0 amide bonds. The molecule has 6 heteroatoms. The van der Waals surface area contributed by atoms with Gasteiger partial charge in [0.2, 0.25) is 0 Å². The number of benzene rings is 2. The Labute approximate surface area is 174 Å². The van der Waals surface area contributed by atoms with Gasteiger partial charge in [0.15, 0.2) is 0 Å². The van der Waals surface area contributed by atoms with Crippen LogP contribution in [0.2, 0.25) is 0 Å². The first-order valence-corrected chi connectivity index (χ1v) is 9.91. The molecule has 2 aromatic rings. The average Bonchev–Trinajstić information content (AvgIpc) is 3.12. The molecule has 1 heterocycles. The van der Waals surface area contributed by atoms with Crippen LogP contribution >= 0.6 is 0 Å². The van der Waals surface area contributed by atoms with Crippen LogP contribution in [-0.4, -0.2) is 17.7 Å². The average molecular weight is 418 g/mol. The summed E-state index contributed by atoms with van der Waals surface area (Å²) in [6.45, 7) is 4.01. The van der Waals surface area contributed by atoms with Crippen LogP contribution < -0.4 is 0 Å². The third-order valence-electron chi connectivity index (χ3n) is 5.75. The molecule has 3 rings (SSSR count). The number of carboxylic acid groups (broad SMARTS) is 1. The predicted octanol–water partition coefficient (Wildman–Crippen LogP) is 5.92. The minimum absolute atomic E-state index is 0.00370. The number of halogens is 3. The van der Waals surface area contributed by atoms with Gasteiger partial charge in [-0.1, -0.05) is 55.5 Å². The van der Waals surface area contributed by atoms with Gasteiger partial charge in [0.25, 0.3) is 0 Å². The molecule has 0 aromatic heterocycles. The van der Waals surface area contributed by atoms with Crippen LogP contribution in [0.3, 0.4) is 0 Å². The maximum absolute atomic E-state index is 12.8. The maximum atomic E-state index is 12.8. The summed E-state index contributed by atoms with van der Waals surface area (Å²) in [6.07, 6.45) is -2.24. The van der Waals surface area contributed by atoms with Crippen molar-refractivity contribution in [3.63, 3.8) is 0 Å². The maximum Gasteiger partial charge on any atom is 0.416 e. The Morgan fingerprint density at radius 1 is 1.17 bits per heavy atom. The van der Waals surface area contributed by atoms with Crippen LogP contribution in [0.5, 0.6) is 0 Å². The van der Waals surface area contributed by atoms with Crippen LogP contribution in [0, 0.1) is 17.8 Å². The van der Waals surface area contributed by atoms with E-state index in [9.17, 15) is 23.1 Å². The molecule has 30 heavy (non-hydrogen) atoms. The van der Waals surface area contributed by atoms with Crippen LogP contribution in [0.4, 0.5) is 13.2 Å². The molecule has 1 fully saturated rings. The fraction of sp³-hybridized carbons (Fsp3) is 0.375. The summed E-state index contributed by atoms with van der Waals surface area (Å²) < 4.78 is 44.7. The van der Waals surface area contributed by atoms with Gasteiger partial charge in [0, 0.05) is 11.5 Å². The molecule has 3 nitrogen and oxygen atoms in total. The van der Waals surface area contributed by atoms with Gasteiger partial charge in [-0.25, -0.2) is 4.79 Å². The van der Waals surface area contributed by atoms with E-state index in [1.807, 2.05) is 37.3 Å². The van der Waals surface area contributed by atoms with Crippen molar-refractivity contribution in [2.45, 2.75) is 32.5 Å². The second-order valence-electron chi connectivity index (χ2n) is 7.91. The van der Waals surface area contributed by atoms with Gasteiger partial charge in [-0.15, -0.1) is 0 Å². The molecule has 1 aliphatic heterocycles. The van der Waals surface area contributed by atoms with E-state index in [2.05, 4.69) is 0 Å². The molecule has 4 atom stereocenters. The summed E-state index contributed by atoms with van der Waals surface area (Å²) >= 11 is 0. The Morgan fingerprint density at radius 2 is 1.80 bits per heavy atom. The summed E-state index contributed by atoms with van der Waals surface area (Å²) in [5, 5.41) is 9.26. The highest BCUT2D eigenvalue weighted by atomic mass is 19.4. The fourth-order valence-electron chi connectivity index (χ4n) is 4.27. The SMILES string of the molecule is C/C(=C/C(C)[C@@H]1[C@@H](Cc2ccc(C(F)(F)F)cc2)CO[C@@H]1c1ccccc1)C(=O)O. The van der Waals surface area contributed by atoms with Gasteiger partial charge in [0.05, 0.1) is 18.3 Å². The smallest absolute Gasteiger partial charge is 0.416 e. The van der Waals surface area contributed by atoms with Crippen molar-refractivity contribution >= 4 is 5.97 Å². The van der Waals surface area contributed by atoms with Crippen LogP contribution in [0.1, 0.15) is 36.6 Å². The highest BCUT2D eigenvalue weighted by Gasteiger charge is 2.41. The van der Waals surface area contributed by atoms with E-state index in [0.29, 0.717) is 13.0 Å². The van der Waals surface area contributed by atoms with Gasteiger partial charge in [-0.05, 0) is 48.4 Å². The standard InChI is InChI=1S/C24H25F3O3/c1-15(12-16(2)23(28)29)21-19(14-30-22(21)18-6-4-3-5-7-18)13-17-8-10-20(11-9-17)24(25,26)27/h3-12,15,19,21-22H,13-14H2,1-2H3,(H,28,29)/b16-12-/t15?,19-,21+,22+/m0/s1. The van der Waals surface area contributed by atoms with E-state index in [1.165, 1.54) is 12.1 Å². The van der Waals surface area contributed by atoms with Crippen molar-refractivity contribution < 1.29 is 27.8 Å². The highest BCUT2D eigenvalue weighted by Crippen LogP contribution is 2.45. The highest BCUT2D eigenvalue weighted by molar-refractivity contribution is 5.85. The molecule has 0 saturated carbocycles. The zero-order valence-electron chi connectivity index (χ0n) is 16.9. The van der Waals surface area contributed by atoms with Gasteiger partial charge in [-0.3, -0.25) is 0 Å². The van der Waals surface area contributed by atoms with E-state index < -0.39 is 17.7 Å². The van der Waals surface area contributed by atoms with Gasteiger partial charge in [-0.2, -0.15) is 13.2 Å². The van der Waals surface area contributed by atoms with E-state index in [-0.39, 0.29) is 29.4 Å². The number of alkyl halides is 3. The number of aliphatic carboxylic acids is 1. The van der Waals surface area contributed by atoms with E-state index in [4.69, 9.17) is 4.74 Å². The lowest BCUT2D eigenvalue weighted by atomic mass is 9.76. The fourth-order valence-corrected chi connectivity index (χ4v) is 4.27. The van der Waals surface area contributed by atoms with Crippen molar-refractivity contribution in [2.75, 3.05) is 6.61 Å². The van der Waals surface area contributed by atoms with Crippen molar-refractivity contribution in [3.8, 4) is 0 Å². The lowest BCUT2D eigenvalue weighted by Gasteiger charge is -2.28. The lowest BCUT2D eigenvalue weighted by Crippen LogP contribution is -2.24. The molecule has 0 spiro atoms. The number of carboxylic acids is 1. The first kappa shape index (κ1) is 22.1. The second-order valence-corrected chi connectivity index (χ2v) is 7.91. The van der Waals surface area contributed by atoms with Crippen LogP contribution in [-0.2, 0) is 22.1 Å². The first-order chi connectivity index (χ1) is 14.2. The number of allylic oxidation sites excluding steroid dienone is 1. The number of ether oxygens (including phenoxy) is 1. The molecule has 0 radical (unpaired) electrons. The van der Waals surface area contributed by atoms with E-state index >= 15 is 0 Å². The predicted molar refractivity (Wildman–Crippen MR) is 108 cm³/mol. The van der Waals surface area contributed by atoms with Crippen molar-refractivity contribution in [1.82, 2.24) is 0 Å². The molecule has 1 N–H and O–H groups in total. The van der Waals surface area contributed by atoms with Crippen LogP contribution in [0.15, 0.2) is 66.2 Å². The molecule has 160 valence electrons. The molecule has 2 aromatic carbocycles. The normalized spacial score (nSPS) is 23.4. The van der Waals surface area contributed by atoms with E-state index in [0.717, 1.165) is 23.3 Å². The molecule has 0 aliphatic carbocycles. The van der Waals surface area contributed by atoms with Gasteiger partial charge < -0.3 is 9.84 Å². The third-order valence-corrected chi connectivity index (χ3v) is 5.75. The Balaban J connectivity index is 1.86. The summed E-state index contributed by atoms with van der Waals surface area (Å²) in [5.74, 6) is -0.978. The van der Waals surface area contributed by atoms with Crippen molar-refractivity contribution in [3.05, 3.63) is 82.9 Å². The number of rotatable bonds is 6. The zero-order chi connectivity index (χ0) is 21.9. The number of carbonyl (C=O) groups is 1. The largest absolute Gasteiger partial charge is 0.478 e. The Kier molecular flexibility index (Phi) is 6.66. The van der Waals surface area contributed by atoms with Crippen molar-refractivity contribution in [2.24, 2.45) is 17.8 Å². The third kappa shape index (κ3) is 5.11. The Bertz CT molecular complexity index is 888. The minimum atomic E-state index is -4.36. The van der Waals surface area contributed by atoms with Crippen molar-refractivity contribution in [1.29, 1.82) is 0 Å². The number of hydrogen-bond acceptors (Lipinski definition) is 2. The monoisotopic (exact) mass is 418 g/mol. The first-order valence-electron chi connectivity index (χ1n) is 9.91. The summed E-state index contributed by atoms with van der Waals surface area (Å²) in [4.78, 5) is 11.3. The van der Waals surface area contributed by atoms with Crippen LogP contribution in [0.25, 0.3) is 0 Å². The molecule has 1 unspecified atom stereocenters. The molecule has 0 bridgehead atoms. The molecule has 1 aliphatic rings. The van der Waals surface area contributed by atoms with Gasteiger partial charge >= 0.3 is 12.1 Å². The molecular weight excluding hydrogens is 393 g/mol. The lowest BCUT2D eigenvalue weighted by molar-refractivity contribution is -0.137. The topological polar surface area (TPSA) is 46.5 Å². The summed E-state index contributed by atoms with van der Waals surface area (Å²) in [7, 11) is 0. The Hall–Kier alpha value is -2.60. The summed E-state index contributed by atoms with van der Waals surface area (Å²) in [5.41, 5.74) is 1.43. The molecule has 1 saturated heterocycles. The second kappa shape index (κ2) is 9.04. The minimum Gasteiger partial charge on any atom is -0.478 e. The number of hydrogen-bond donors (Lipinski definition) is 1. The quantitative estimate of drug-likeness (QED) is 0.593.